The maximum Gasteiger partial charge on any atom is 0.145 e. The van der Waals surface area contributed by atoms with Gasteiger partial charge in [0.05, 0.1) is 0 Å². The van der Waals surface area contributed by atoms with Crippen molar-refractivity contribution < 1.29 is 4.74 Å². The van der Waals surface area contributed by atoms with E-state index in [4.69, 9.17) is 4.74 Å². The summed E-state index contributed by atoms with van der Waals surface area (Å²) >= 11 is 0. The molecule has 2 rings (SSSR count). The molecule has 1 heterocycles. The van der Waals surface area contributed by atoms with Crippen LogP contribution in [0.15, 0.2) is 36.5 Å². The first-order valence-corrected chi connectivity index (χ1v) is 5.03. The molecule has 1 N–H and O–H groups in total. The van der Waals surface area contributed by atoms with Crippen molar-refractivity contribution in [3.63, 3.8) is 0 Å². The fourth-order valence-corrected chi connectivity index (χ4v) is 1.46. The van der Waals surface area contributed by atoms with E-state index in [2.05, 4.69) is 10.3 Å². The largest absolute Gasteiger partial charge is 0.490 e. The molecule has 0 saturated heterocycles. The van der Waals surface area contributed by atoms with Gasteiger partial charge in [-0.2, -0.15) is 0 Å². The summed E-state index contributed by atoms with van der Waals surface area (Å²) in [7, 11) is 1.91. The summed E-state index contributed by atoms with van der Waals surface area (Å²) in [5.41, 5.74) is 0.927. The molecule has 0 aliphatic heterocycles. The first-order chi connectivity index (χ1) is 7.42. The van der Waals surface area contributed by atoms with Crippen molar-refractivity contribution in [2.45, 2.75) is 0 Å². The number of likely N-dealkylation sites (N-methyl/N-ethyl adjacent to an activating group) is 1. The minimum atomic E-state index is 0.659. The summed E-state index contributed by atoms with van der Waals surface area (Å²) in [6.07, 6.45) is 1.78. The Morgan fingerprint density at radius 1 is 1.27 bits per heavy atom. The van der Waals surface area contributed by atoms with Crippen molar-refractivity contribution in [2.24, 2.45) is 0 Å². The highest BCUT2D eigenvalue weighted by molar-refractivity contribution is 5.84. The number of nitrogens with zero attached hydrogens (tertiary/aromatic N) is 1. The van der Waals surface area contributed by atoms with Crippen LogP contribution < -0.4 is 10.1 Å². The van der Waals surface area contributed by atoms with Gasteiger partial charge in [-0.05, 0) is 19.2 Å². The van der Waals surface area contributed by atoms with Crippen molar-refractivity contribution >= 4 is 10.9 Å². The van der Waals surface area contributed by atoms with Gasteiger partial charge in [0.1, 0.15) is 17.9 Å². The summed E-state index contributed by atoms with van der Waals surface area (Å²) in [4.78, 5) is 4.31. The van der Waals surface area contributed by atoms with E-state index in [-0.39, 0.29) is 0 Å². The van der Waals surface area contributed by atoms with Gasteiger partial charge in [0.25, 0.3) is 0 Å². The third-order valence-corrected chi connectivity index (χ3v) is 2.21. The van der Waals surface area contributed by atoms with Crippen LogP contribution in [0.2, 0.25) is 0 Å². The summed E-state index contributed by atoms with van der Waals surface area (Å²) in [6, 6.07) is 9.93. The predicted octanol–water partition coefficient (Wildman–Crippen LogP) is 1.83. The molecule has 0 saturated carbocycles. The number of aromatic nitrogens is 1. The maximum absolute atomic E-state index is 5.63. The molecule has 3 nitrogen and oxygen atoms in total. The molecule has 0 amide bonds. The van der Waals surface area contributed by atoms with Gasteiger partial charge < -0.3 is 10.1 Å². The van der Waals surface area contributed by atoms with Crippen LogP contribution in [0.4, 0.5) is 0 Å². The average Bonchev–Trinajstić information content (AvgIpc) is 2.30. The summed E-state index contributed by atoms with van der Waals surface area (Å²) < 4.78 is 5.63. The minimum Gasteiger partial charge on any atom is -0.490 e. The molecule has 0 bridgehead atoms. The summed E-state index contributed by atoms with van der Waals surface area (Å²) in [5.74, 6) is 0.850. The number of fused-ring (bicyclic) bond motifs is 1. The van der Waals surface area contributed by atoms with Gasteiger partial charge in [0.15, 0.2) is 0 Å². The third-order valence-electron chi connectivity index (χ3n) is 2.21. The number of pyridine rings is 1. The van der Waals surface area contributed by atoms with Gasteiger partial charge in [-0.25, -0.2) is 0 Å². The number of ether oxygens (including phenoxy) is 1. The van der Waals surface area contributed by atoms with E-state index in [9.17, 15) is 0 Å². The van der Waals surface area contributed by atoms with Crippen LogP contribution in [0.1, 0.15) is 0 Å². The first-order valence-electron chi connectivity index (χ1n) is 5.03. The van der Waals surface area contributed by atoms with E-state index >= 15 is 0 Å². The molecular formula is C12H14N2O. The molecule has 1 aromatic heterocycles. The second-order valence-electron chi connectivity index (χ2n) is 3.28. The van der Waals surface area contributed by atoms with Crippen molar-refractivity contribution in [3.8, 4) is 5.75 Å². The number of para-hydroxylation sites is 1. The van der Waals surface area contributed by atoms with E-state index in [0.717, 1.165) is 23.2 Å². The molecule has 0 fully saturated rings. The van der Waals surface area contributed by atoms with Gasteiger partial charge >= 0.3 is 0 Å². The summed E-state index contributed by atoms with van der Waals surface area (Å²) in [6.45, 7) is 1.50. The maximum atomic E-state index is 5.63. The van der Waals surface area contributed by atoms with Crippen LogP contribution in [0.5, 0.6) is 5.75 Å². The Balaban J connectivity index is 2.26. The van der Waals surface area contributed by atoms with E-state index < -0.39 is 0 Å². The van der Waals surface area contributed by atoms with E-state index in [1.165, 1.54) is 0 Å². The third kappa shape index (κ3) is 2.25. The highest BCUT2D eigenvalue weighted by Gasteiger charge is 2.01. The highest BCUT2D eigenvalue weighted by atomic mass is 16.5. The van der Waals surface area contributed by atoms with Gasteiger partial charge in [-0.1, -0.05) is 18.2 Å². The zero-order valence-corrected chi connectivity index (χ0v) is 8.73. The van der Waals surface area contributed by atoms with Gasteiger partial charge in [-0.15, -0.1) is 0 Å². The zero-order valence-electron chi connectivity index (χ0n) is 8.73. The van der Waals surface area contributed by atoms with Gasteiger partial charge in [0.2, 0.25) is 0 Å². The first kappa shape index (κ1) is 9.93. The Hall–Kier alpha value is -1.61. The fourth-order valence-electron chi connectivity index (χ4n) is 1.46. The van der Waals surface area contributed by atoms with E-state index in [1.54, 1.807) is 6.20 Å². The van der Waals surface area contributed by atoms with Crippen LogP contribution in [0, 0.1) is 0 Å². The van der Waals surface area contributed by atoms with E-state index in [1.807, 2.05) is 37.4 Å². The Kier molecular flexibility index (Phi) is 3.15. The van der Waals surface area contributed by atoms with Gasteiger partial charge in [-0.3, -0.25) is 4.98 Å². The second kappa shape index (κ2) is 4.75. The van der Waals surface area contributed by atoms with Crippen LogP contribution in [0.3, 0.4) is 0 Å². The smallest absolute Gasteiger partial charge is 0.145 e. The molecule has 3 heteroatoms. The van der Waals surface area contributed by atoms with Crippen molar-refractivity contribution in [3.05, 3.63) is 36.5 Å². The molecule has 78 valence electrons. The monoisotopic (exact) mass is 202 g/mol. The van der Waals surface area contributed by atoms with E-state index in [0.29, 0.717) is 6.61 Å². The molecule has 0 aliphatic rings. The van der Waals surface area contributed by atoms with Crippen LogP contribution in [-0.2, 0) is 0 Å². The fraction of sp³-hybridized carbons (Fsp3) is 0.250. The minimum absolute atomic E-state index is 0.659. The number of hydrogen-bond donors (Lipinski definition) is 1. The predicted molar refractivity (Wildman–Crippen MR) is 61.2 cm³/mol. The van der Waals surface area contributed by atoms with Crippen LogP contribution >= 0.6 is 0 Å². The lowest BCUT2D eigenvalue weighted by atomic mass is 10.2. The molecular weight excluding hydrogens is 188 g/mol. The molecule has 2 aromatic rings. The SMILES string of the molecule is CNCCOc1cccc2cccnc12. The number of benzene rings is 1. The highest BCUT2D eigenvalue weighted by Crippen LogP contribution is 2.22. The van der Waals surface area contributed by atoms with Crippen LogP contribution in [-0.4, -0.2) is 25.2 Å². The molecule has 0 spiro atoms. The lowest BCUT2D eigenvalue weighted by Gasteiger charge is -2.07. The molecule has 0 radical (unpaired) electrons. The zero-order chi connectivity index (χ0) is 10.5. The molecule has 0 unspecified atom stereocenters. The average molecular weight is 202 g/mol. The molecule has 1 aromatic carbocycles. The molecule has 0 aliphatic carbocycles. The normalized spacial score (nSPS) is 10.5. The molecule has 0 atom stereocenters. The van der Waals surface area contributed by atoms with Gasteiger partial charge in [0, 0.05) is 18.1 Å². The lowest BCUT2D eigenvalue weighted by molar-refractivity contribution is 0.321. The number of nitrogens with one attached hydrogen (secondary N) is 1. The Labute approximate surface area is 89.1 Å². The topological polar surface area (TPSA) is 34.1 Å². The Morgan fingerprint density at radius 2 is 2.13 bits per heavy atom. The molecule has 15 heavy (non-hydrogen) atoms. The van der Waals surface area contributed by atoms with Crippen LogP contribution in [0.25, 0.3) is 10.9 Å². The quantitative estimate of drug-likeness (QED) is 0.768. The summed E-state index contributed by atoms with van der Waals surface area (Å²) in [5, 5.41) is 4.15. The van der Waals surface area contributed by atoms with Crippen molar-refractivity contribution in [1.29, 1.82) is 0 Å². The Bertz CT molecular complexity index is 437. The number of hydrogen-bond acceptors (Lipinski definition) is 3. The second-order valence-corrected chi connectivity index (χ2v) is 3.28. The van der Waals surface area contributed by atoms with Crippen molar-refractivity contribution in [1.82, 2.24) is 10.3 Å². The lowest BCUT2D eigenvalue weighted by Crippen LogP contribution is -2.16. The number of rotatable bonds is 4. The standard InChI is InChI=1S/C12H14N2O/c1-13-8-9-15-11-6-2-4-10-5-3-7-14-12(10)11/h2-7,13H,8-9H2,1H3. The Morgan fingerprint density at radius 3 is 3.00 bits per heavy atom. The van der Waals surface area contributed by atoms with Crippen molar-refractivity contribution in [2.75, 3.05) is 20.2 Å².